The molecule has 0 bridgehead atoms. The molecule has 1 fully saturated rings. The number of benzene rings is 2. The zero-order valence-electron chi connectivity index (χ0n) is 18.5. The predicted octanol–water partition coefficient (Wildman–Crippen LogP) is 4.57. The second-order valence-corrected chi connectivity index (χ2v) is 8.81. The van der Waals surface area contributed by atoms with Gasteiger partial charge in [0, 0.05) is 39.8 Å². The van der Waals surface area contributed by atoms with E-state index in [1.165, 1.54) is 22.0 Å². The number of piperidine rings is 1. The van der Waals surface area contributed by atoms with Gasteiger partial charge in [-0.25, -0.2) is 0 Å². The van der Waals surface area contributed by atoms with Crippen LogP contribution in [0.1, 0.15) is 46.7 Å². The summed E-state index contributed by atoms with van der Waals surface area (Å²) in [7, 11) is 1.71. The van der Waals surface area contributed by atoms with E-state index in [4.69, 9.17) is 10.5 Å². The number of carbonyl (C=O) groups excluding carboxylic acids is 1. The van der Waals surface area contributed by atoms with Gasteiger partial charge in [-0.3, -0.25) is 4.79 Å². The normalized spacial score (nSPS) is 15.5. The second kappa shape index (κ2) is 8.71. The number of likely N-dealkylation sites (tertiary alicyclic amines) is 1. The molecule has 0 saturated carbocycles. The minimum Gasteiger partial charge on any atom is -0.497 e. The maximum atomic E-state index is 11.6. The summed E-state index contributed by atoms with van der Waals surface area (Å²) in [6.07, 6.45) is 8.72. The Kier molecular flexibility index (Phi) is 5.62. The highest BCUT2D eigenvalue weighted by Gasteiger charge is 2.23. The molecule has 32 heavy (non-hydrogen) atoms. The Morgan fingerprint density at radius 1 is 1.06 bits per heavy atom. The molecule has 4 N–H and O–H groups in total. The number of aryl methyl sites for hydroxylation is 1. The third kappa shape index (κ3) is 3.98. The van der Waals surface area contributed by atoms with Gasteiger partial charge in [0.2, 0.25) is 5.91 Å². The lowest BCUT2D eigenvalue weighted by Gasteiger charge is -2.32. The average Bonchev–Trinajstić information content (AvgIpc) is 3.43. The molecule has 0 unspecified atom stereocenters. The van der Waals surface area contributed by atoms with Crippen molar-refractivity contribution in [3.63, 3.8) is 0 Å². The highest BCUT2D eigenvalue weighted by Crippen LogP contribution is 2.34. The van der Waals surface area contributed by atoms with Crippen molar-refractivity contribution in [3.05, 3.63) is 65.5 Å². The molecule has 0 spiro atoms. The Bertz CT molecular complexity index is 1250. The topological polar surface area (TPSA) is 87.1 Å². The molecule has 1 amide bonds. The number of hydrogen-bond acceptors (Lipinski definition) is 3. The van der Waals surface area contributed by atoms with Crippen LogP contribution in [0.25, 0.3) is 21.8 Å². The summed E-state index contributed by atoms with van der Waals surface area (Å²) >= 11 is 0. The van der Waals surface area contributed by atoms with Gasteiger partial charge in [0.25, 0.3) is 0 Å². The van der Waals surface area contributed by atoms with E-state index in [-0.39, 0.29) is 5.91 Å². The maximum Gasteiger partial charge on any atom is 0.248 e. The van der Waals surface area contributed by atoms with Gasteiger partial charge in [-0.15, -0.1) is 0 Å². The first-order chi connectivity index (χ1) is 15.6. The molecule has 166 valence electrons. The molecule has 2 aromatic heterocycles. The van der Waals surface area contributed by atoms with Crippen molar-refractivity contribution in [2.75, 3.05) is 26.7 Å². The SMILES string of the molecule is COc1ccc2[nH]cc(CCCN3CCC(c4c[nH]c5ccc(C(N)=O)cc45)CC3)c2c1. The largest absolute Gasteiger partial charge is 0.497 e. The number of hydrogen-bond donors (Lipinski definition) is 3. The molecule has 0 aliphatic carbocycles. The van der Waals surface area contributed by atoms with Crippen LogP contribution in [0.5, 0.6) is 5.75 Å². The zero-order valence-corrected chi connectivity index (χ0v) is 18.5. The molecule has 3 heterocycles. The molecule has 0 radical (unpaired) electrons. The van der Waals surface area contributed by atoms with Crippen LogP contribution in [-0.4, -0.2) is 47.5 Å². The van der Waals surface area contributed by atoms with Crippen LogP contribution >= 0.6 is 0 Å². The van der Waals surface area contributed by atoms with Crippen molar-refractivity contribution >= 4 is 27.7 Å². The highest BCUT2D eigenvalue weighted by atomic mass is 16.5. The number of nitrogens with two attached hydrogens (primary N) is 1. The van der Waals surface area contributed by atoms with Crippen LogP contribution < -0.4 is 10.5 Å². The average molecular weight is 431 g/mol. The number of nitrogens with zero attached hydrogens (tertiary/aromatic N) is 1. The van der Waals surface area contributed by atoms with Crippen molar-refractivity contribution < 1.29 is 9.53 Å². The molecule has 0 atom stereocenters. The van der Waals surface area contributed by atoms with Crippen LogP contribution in [0.15, 0.2) is 48.8 Å². The van der Waals surface area contributed by atoms with E-state index in [2.05, 4.69) is 39.4 Å². The first-order valence-electron chi connectivity index (χ1n) is 11.4. The number of aromatic amines is 2. The first-order valence-corrected chi connectivity index (χ1v) is 11.4. The molecule has 5 rings (SSSR count). The van der Waals surface area contributed by atoms with Gasteiger partial charge in [0.1, 0.15) is 5.75 Å². The van der Waals surface area contributed by atoms with E-state index in [1.54, 1.807) is 13.2 Å². The summed E-state index contributed by atoms with van der Waals surface area (Å²) in [6, 6.07) is 11.9. The van der Waals surface area contributed by atoms with Crippen LogP contribution in [0.4, 0.5) is 0 Å². The van der Waals surface area contributed by atoms with Gasteiger partial charge in [-0.1, -0.05) is 0 Å². The van der Waals surface area contributed by atoms with Gasteiger partial charge in [-0.2, -0.15) is 0 Å². The summed E-state index contributed by atoms with van der Waals surface area (Å²) in [5, 5.41) is 2.40. The van der Waals surface area contributed by atoms with Crippen molar-refractivity contribution in [2.24, 2.45) is 5.73 Å². The standard InChI is InChI=1S/C26H30N4O2/c1-32-20-5-7-24-21(14-20)19(15-28-24)3-2-10-30-11-8-17(9-12-30)23-16-29-25-6-4-18(26(27)31)13-22(23)25/h4-7,13-17,28-29H,2-3,8-12H2,1H3,(H2,27,31). The summed E-state index contributed by atoms with van der Waals surface area (Å²) in [6.45, 7) is 3.33. The molecular weight excluding hydrogens is 400 g/mol. The Balaban J connectivity index is 1.18. The minimum absolute atomic E-state index is 0.373. The number of H-pyrrole nitrogens is 2. The number of rotatable bonds is 7. The lowest BCUT2D eigenvalue weighted by Crippen LogP contribution is -2.33. The molecular formula is C26H30N4O2. The second-order valence-electron chi connectivity index (χ2n) is 8.81. The monoisotopic (exact) mass is 430 g/mol. The molecule has 1 aliphatic rings. The van der Waals surface area contributed by atoms with Gasteiger partial charge in [-0.05, 0) is 98.8 Å². The van der Waals surface area contributed by atoms with Crippen LogP contribution in [-0.2, 0) is 6.42 Å². The number of nitrogens with one attached hydrogen (secondary N) is 2. The smallest absolute Gasteiger partial charge is 0.248 e. The Labute approximate surface area is 187 Å². The maximum absolute atomic E-state index is 11.6. The van der Waals surface area contributed by atoms with E-state index < -0.39 is 0 Å². The van der Waals surface area contributed by atoms with Crippen molar-refractivity contribution in [3.8, 4) is 5.75 Å². The molecule has 4 aromatic rings. The lowest BCUT2D eigenvalue weighted by atomic mass is 9.88. The van der Waals surface area contributed by atoms with Crippen LogP contribution in [0.2, 0.25) is 0 Å². The van der Waals surface area contributed by atoms with Crippen molar-refractivity contribution in [1.29, 1.82) is 0 Å². The summed E-state index contributed by atoms with van der Waals surface area (Å²) in [4.78, 5) is 20.9. The quantitative estimate of drug-likeness (QED) is 0.401. The number of fused-ring (bicyclic) bond motifs is 2. The highest BCUT2D eigenvalue weighted by molar-refractivity contribution is 5.98. The van der Waals surface area contributed by atoms with Crippen molar-refractivity contribution in [1.82, 2.24) is 14.9 Å². The molecule has 1 saturated heterocycles. The predicted molar refractivity (Wildman–Crippen MR) is 128 cm³/mol. The Morgan fingerprint density at radius 3 is 2.59 bits per heavy atom. The van der Waals surface area contributed by atoms with Gasteiger partial charge >= 0.3 is 0 Å². The molecule has 1 aliphatic heterocycles. The third-order valence-corrected chi connectivity index (χ3v) is 6.92. The molecule has 6 heteroatoms. The Hall–Kier alpha value is -3.25. The molecule has 2 aromatic carbocycles. The van der Waals surface area contributed by atoms with E-state index in [0.29, 0.717) is 11.5 Å². The third-order valence-electron chi connectivity index (χ3n) is 6.92. The van der Waals surface area contributed by atoms with Crippen molar-refractivity contribution in [2.45, 2.75) is 31.6 Å². The minimum atomic E-state index is -0.373. The van der Waals surface area contributed by atoms with Gasteiger partial charge < -0.3 is 25.3 Å². The number of ether oxygens (including phenoxy) is 1. The lowest BCUT2D eigenvalue weighted by molar-refractivity contribution is 0.100. The van der Waals surface area contributed by atoms with E-state index in [9.17, 15) is 4.79 Å². The Morgan fingerprint density at radius 2 is 1.81 bits per heavy atom. The summed E-state index contributed by atoms with van der Waals surface area (Å²) < 4.78 is 5.38. The van der Waals surface area contributed by atoms with E-state index in [0.717, 1.165) is 62.0 Å². The fraction of sp³-hybridized carbons (Fsp3) is 0.346. The van der Waals surface area contributed by atoms with Gasteiger partial charge in [0.15, 0.2) is 0 Å². The fourth-order valence-electron chi connectivity index (χ4n) is 5.09. The van der Waals surface area contributed by atoms with E-state index in [1.807, 2.05) is 18.2 Å². The first kappa shape index (κ1) is 20.6. The number of carbonyl (C=O) groups is 1. The fourth-order valence-corrected chi connectivity index (χ4v) is 5.09. The van der Waals surface area contributed by atoms with Crippen LogP contribution in [0, 0.1) is 0 Å². The number of amides is 1. The summed E-state index contributed by atoms with van der Waals surface area (Å²) in [5.41, 5.74) is 11.0. The number of primary amides is 1. The van der Waals surface area contributed by atoms with E-state index >= 15 is 0 Å². The zero-order chi connectivity index (χ0) is 22.1. The van der Waals surface area contributed by atoms with Crippen LogP contribution in [0.3, 0.4) is 0 Å². The number of methoxy groups -OCH3 is 1. The molecule has 6 nitrogen and oxygen atoms in total. The van der Waals surface area contributed by atoms with Gasteiger partial charge in [0.05, 0.1) is 7.11 Å². The summed E-state index contributed by atoms with van der Waals surface area (Å²) in [5.74, 6) is 1.05. The number of aromatic nitrogens is 2.